The molecule has 5 rings (SSSR count). The summed E-state index contributed by atoms with van der Waals surface area (Å²) in [5.74, 6) is -2.12. The Morgan fingerprint density at radius 1 is 0.774 bits per heavy atom. The number of phenols is 4. The first-order valence-electron chi connectivity index (χ1n) is 9.70. The molecule has 4 aromatic carbocycles. The van der Waals surface area contributed by atoms with Crippen molar-refractivity contribution in [3.05, 3.63) is 58.1 Å². The number of ketones is 2. The van der Waals surface area contributed by atoms with Gasteiger partial charge in [-0.15, -0.1) is 0 Å². The molecule has 31 heavy (non-hydrogen) atoms. The van der Waals surface area contributed by atoms with Crippen LogP contribution in [0.5, 0.6) is 23.0 Å². The summed E-state index contributed by atoms with van der Waals surface area (Å²) in [7, 11) is 0. The highest BCUT2D eigenvalue weighted by Gasteiger charge is 2.35. The minimum atomic E-state index is -0.550. The lowest BCUT2D eigenvalue weighted by atomic mass is 9.78. The summed E-state index contributed by atoms with van der Waals surface area (Å²) in [6.07, 6.45) is 0. The van der Waals surface area contributed by atoms with Crippen LogP contribution in [-0.2, 0) is 0 Å². The average molecular weight is 414 g/mol. The van der Waals surface area contributed by atoms with Crippen LogP contribution in [0.25, 0.3) is 32.7 Å². The lowest BCUT2D eigenvalue weighted by Crippen LogP contribution is -2.12. The fraction of sp³-hybridized carbons (Fsp3) is 0.120. The van der Waals surface area contributed by atoms with E-state index in [4.69, 9.17) is 0 Å². The highest BCUT2D eigenvalue weighted by atomic mass is 16.3. The van der Waals surface area contributed by atoms with E-state index in [9.17, 15) is 30.0 Å². The molecule has 1 aliphatic carbocycles. The van der Waals surface area contributed by atoms with Crippen molar-refractivity contribution in [2.24, 2.45) is 0 Å². The molecular weight excluding hydrogens is 396 g/mol. The number of hydrogen-bond donors (Lipinski definition) is 4. The van der Waals surface area contributed by atoms with Crippen LogP contribution in [0, 0.1) is 13.8 Å². The molecule has 4 N–H and O–H groups in total. The van der Waals surface area contributed by atoms with Crippen molar-refractivity contribution in [1.29, 1.82) is 0 Å². The Hall–Kier alpha value is -4.06. The van der Waals surface area contributed by atoms with Gasteiger partial charge in [-0.2, -0.15) is 0 Å². The van der Waals surface area contributed by atoms with E-state index in [0.29, 0.717) is 32.8 Å². The topological polar surface area (TPSA) is 115 Å². The van der Waals surface area contributed by atoms with Crippen LogP contribution in [0.1, 0.15) is 44.3 Å². The van der Waals surface area contributed by atoms with Crippen molar-refractivity contribution in [3.63, 3.8) is 0 Å². The van der Waals surface area contributed by atoms with Gasteiger partial charge in [0.25, 0.3) is 0 Å². The minimum Gasteiger partial charge on any atom is -0.507 e. The molecule has 0 spiro atoms. The van der Waals surface area contributed by atoms with Crippen LogP contribution in [-0.4, -0.2) is 32.0 Å². The molecule has 0 saturated heterocycles. The Kier molecular flexibility index (Phi) is 3.65. The van der Waals surface area contributed by atoms with Crippen molar-refractivity contribution >= 4 is 33.1 Å². The maximum atomic E-state index is 13.3. The Bertz CT molecular complexity index is 1530. The quantitative estimate of drug-likeness (QED) is 0.230. The second kappa shape index (κ2) is 5.98. The lowest BCUT2D eigenvalue weighted by molar-refractivity contribution is 0.101. The molecule has 154 valence electrons. The number of rotatable bonds is 1. The highest BCUT2D eigenvalue weighted by Crippen LogP contribution is 2.54. The molecule has 0 amide bonds. The monoisotopic (exact) mass is 414 g/mol. The Balaban J connectivity index is 2.16. The van der Waals surface area contributed by atoms with E-state index in [-0.39, 0.29) is 56.4 Å². The zero-order valence-corrected chi connectivity index (χ0v) is 17.0. The molecular formula is C25H18O6. The zero-order chi connectivity index (χ0) is 22.4. The van der Waals surface area contributed by atoms with Crippen LogP contribution >= 0.6 is 0 Å². The molecule has 4 aromatic rings. The summed E-state index contributed by atoms with van der Waals surface area (Å²) < 4.78 is 0. The molecule has 6 nitrogen and oxygen atoms in total. The second-order valence-corrected chi connectivity index (χ2v) is 8.04. The van der Waals surface area contributed by atoms with Crippen molar-refractivity contribution < 1.29 is 30.0 Å². The van der Waals surface area contributed by atoms with E-state index in [1.165, 1.54) is 25.1 Å². The largest absolute Gasteiger partial charge is 0.507 e. The first-order valence-corrected chi connectivity index (χ1v) is 9.70. The molecule has 6 heteroatoms. The molecule has 0 unspecified atom stereocenters. The summed E-state index contributed by atoms with van der Waals surface area (Å²) in [5.41, 5.74) is 1.83. The third-order valence-electron chi connectivity index (χ3n) is 6.04. The molecule has 0 saturated carbocycles. The molecule has 0 bridgehead atoms. The van der Waals surface area contributed by atoms with Gasteiger partial charge in [0.15, 0.2) is 5.78 Å². The standard InChI is InChI=1S/C25H18O6/c1-9-6-14-18(15(27)7-9)24(30)21-16(28)8-10(2)17-13-5-4-12(11(3)26)23(29)20(13)25(31)19(14)22(17)21/h4-8,27-29,31H,1-3H3. The van der Waals surface area contributed by atoms with Gasteiger partial charge in [0.2, 0.25) is 5.78 Å². The Morgan fingerprint density at radius 2 is 1.45 bits per heavy atom. The first kappa shape index (κ1) is 18.9. The minimum absolute atomic E-state index is 0.0189. The van der Waals surface area contributed by atoms with Gasteiger partial charge in [-0.05, 0) is 60.9 Å². The first-order chi connectivity index (χ1) is 14.6. The van der Waals surface area contributed by atoms with E-state index in [1.807, 2.05) is 0 Å². The average Bonchev–Trinajstić information content (AvgIpc) is 2.66. The number of fused-ring (bicyclic) bond motifs is 4. The number of hydrogen-bond acceptors (Lipinski definition) is 6. The van der Waals surface area contributed by atoms with E-state index in [0.717, 1.165) is 0 Å². The maximum absolute atomic E-state index is 13.3. The molecule has 0 atom stereocenters. The summed E-state index contributed by atoms with van der Waals surface area (Å²) in [6.45, 7) is 4.82. The highest BCUT2D eigenvalue weighted by molar-refractivity contribution is 6.34. The van der Waals surface area contributed by atoms with Gasteiger partial charge in [0.05, 0.1) is 22.1 Å². The molecule has 0 fully saturated rings. The number of Topliss-reactive ketones (excluding diaryl/α,β-unsaturated/α-hetero) is 1. The van der Waals surface area contributed by atoms with Crippen molar-refractivity contribution in [2.45, 2.75) is 20.8 Å². The Labute approximate surface area is 176 Å². The van der Waals surface area contributed by atoms with E-state index >= 15 is 0 Å². The normalized spacial score (nSPS) is 12.4. The van der Waals surface area contributed by atoms with Crippen LogP contribution in [0.4, 0.5) is 0 Å². The van der Waals surface area contributed by atoms with Gasteiger partial charge >= 0.3 is 0 Å². The van der Waals surface area contributed by atoms with E-state index in [1.54, 1.807) is 26.0 Å². The third kappa shape index (κ3) is 2.27. The van der Waals surface area contributed by atoms with Gasteiger partial charge in [-0.25, -0.2) is 0 Å². The summed E-state index contributed by atoms with van der Waals surface area (Å²) in [5, 5.41) is 44.8. The van der Waals surface area contributed by atoms with Gasteiger partial charge < -0.3 is 20.4 Å². The predicted octanol–water partition coefficient (Wildman–Crippen LogP) is 4.85. The molecule has 0 heterocycles. The number of carbonyl (C=O) groups is 2. The SMILES string of the molecule is CC(=O)c1ccc2c(c1O)c(O)c1c3c(c(O)cc(C)c32)C(=O)c2c(O)cc(C)cc2-1. The Morgan fingerprint density at radius 3 is 2.13 bits per heavy atom. The van der Waals surface area contributed by atoms with E-state index < -0.39 is 5.78 Å². The fourth-order valence-electron chi connectivity index (χ4n) is 4.78. The fourth-order valence-corrected chi connectivity index (χ4v) is 4.78. The number of carbonyl (C=O) groups excluding carboxylic acids is 2. The maximum Gasteiger partial charge on any atom is 0.201 e. The van der Waals surface area contributed by atoms with Crippen LogP contribution < -0.4 is 0 Å². The smallest absolute Gasteiger partial charge is 0.201 e. The van der Waals surface area contributed by atoms with Crippen molar-refractivity contribution in [3.8, 4) is 34.1 Å². The predicted molar refractivity (Wildman–Crippen MR) is 116 cm³/mol. The lowest BCUT2D eigenvalue weighted by Gasteiger charge is -2.25. The van der Waals surface area contributed by atoms with Gasteiger partial charge in [0, 0.05) is 16.5 Å². The van der Waals surface area contributed by atoms with Gasteiger partial charge in [-0.1, -0.05) is 12.1 Å². The molecule has 0 aromatic heterocycles. The number of aromatic hydroxyl groups is 4. The molecule has 0 aliphatic heterocycles. The van der Waals surface area contributed by atoms with Crippen molar-refractivity contribution in [1.82, 2.24) is 0 Å². The van der Waals surface area contributed by atoms with Crippen LogP contribution in [0.2, 0.25) is 0 Å². The van der Waals surface area contributed by atoms with E-state index in [2.05, 4.69) is 0 Å². The molecule has 1 aliphatic rings. The van der Waals surface area contributed by atoms with Crippen LogP contribution in [0.15, 0.2) is 30.3 Å². The number of aryl methyl sites for hydroxylation is 2. The van der Waals surface area contributed by atoms with Crippen LogP contribution in [0.3, 0.4) is 0 Å². The summed E-state index contributed by atoms with van der Waals surface area (Å²) in [6, 6.07) is 7.64. The number of benzene rings is 4. The number of phenolic OH excluding ortho intramolecular Hbond substituents is 4. The van der Waals surface area contributed by atoms with Gasteiger partial charge in [-0.3, -0.25) is 9.59 Å². The second-order valence-electron chi connectivity index (χ2n) is 8.04. The van der Waals surface area contributed by atoms with Crippen molar-refractivity contribution in [2.75, 3.05) is 0 Å². The summed E-state index contributed by atoms with van der Waals surface area (Å²) >= 11 is 0. The third-order valence-corrected chi connectivity index (χ3v) is 6.04. The van der Waals surface area contributed by atoms with Gasteiger partial charge in [0.1, 0.15) is 23.0 Å². The zero-order valence-electron chi connectivity index (χ0n) is 17.0. The summed E-state index contributed by atoms with van der Waals surface area (Å²) in [4.78, 5) is 25.3. The molecule has 0 radical (unpaired) electrons.